The molecule has 1 atom stereocenters. The number of morpholine rings is 1. The van der Waals surface area contributed by atoms with Crippen molar-refractivity contribution in [2.24, 2.45) is 0 Å². The van der Waals surface area contributed by atoms with E-state index in [9.17, 15) is 5.11 Å². The van der Waals surface area contributed by atoms with Crippen molar-refractivity contribution >= 4 is 16.5 Å². The van der Waals surface area contributed by atoms with Crippen LogP contribution < -0.4 is 4.90 Å². The second-order valence-corrected chi connectivity index (χ2v) is 7.22. The summed E-state index contributed by atoms with van der Waals surface area (Å²) in [6, 6.07) is 0.623. The van der Waals surface area contributed by atoms with E-state index in [0.717, 1.165) is 55.1 Å². The topological polar surface area (TPSA) is 48.8 Å². The minimum atomic E-state index is 0.103. The van der Waals surface area contributed by atoms with E-state index in [4.69, 9.17) is 9.72 Å². The third-order valence-corrected chi connectivity index (χ3v) is 5.52. The maximum atomic E-state index is 9.51. The third kappa shape index (κ3) is 3.23. The van der Waals surface area contributed by atoms with E-state index in [0.29, 0.717) is 12.0 Å². The Morgan fingerprint density at radius 1 is 1.33 bits per heavy atom. The maximum absolute atomic E-state index is 9.51. The predicted molar refractivity (Wildman–Crippen MR) is 85.1 cm³/mol. The third-order valence-electron chi connectivity index (χ3n) is 4.40. The molecule has 0 amide bonds. The molecule has 0 aromatic carbocycles. The summed E-state index contributed by atoms with van der Waals surface area (Å²) in [7, 11) is 0. The Morgan fingerprint density at radius 2 is 2.10 bits per heavy atom. The van der Waals surface area contributed by atoms with Gasteiger partial charge in [-0.2, -0.15) is 0 Å². The molecule has 3 rings (SSSR count). The minimum absolute atomic E-state index is 0.103. The summed E-state index contributed by atoms with van der Waals surface area (Å²) < 4.78 is 5.44. The number of rotatable bonds is 4. The van der Waals surface area contributed by atoms with Gasteiger partial charge in [0, 0.05) is 32.2 Å². The highest BCUT2D eigenvalue weighted by atomic mass is 32.1. The SMILES string of the molecule is CC(C)c1nc(N2CCC(N3CCOCC3)C2)sc1CO. The van der Waals surface area contributed by atoms with Crippen LogP contribution in [-0.4, -0.2) is 60.4 Å². The molecule has 1 aromatic rings. The molecule has 2 saturated heterocycles. The summed E-state index contributed by atoms with van der Waals surface area (Å²) in [5.74, 6) is 0.370. The Bertz CT molecular complexity index is 471. The average molecular weight is 311 g/mol. The van der Waals surface area contributed by atoms with Crippen LogP contribution in [0.25, 0.3) is 0 Å². The Labute approximate surface area is 130 Å². The lowest BCUT2D eigenvalue weighted by Gasteiger charge is -2.32. The number of thiazole rings is 1. The second kappa shape index (κ2) is 6.60. The van der Waals surface area contributed by atoms with Crippen LogP contribution in [0.5, 0.6) is 0 Å². The Balaban J connectivity index is 1.68. The highest BCUT2D eigenvalue weighted by molar-refractivity contribution is 7.15. The van der Waals surface area contributed by atoms with Crippen molar-refractivity contribution in [1.82, 2.24) is 9.88 Å². The molecule has 1 unspecified atom stereocenters. The maximum Gasteiger partial charge on any atom is 0.185 e. The molecule has 2 aliphatic rings. The first-order valence-corrected chi connectivity index (χ1v) is 8.68. The molecule has 3 heterocycles. The van der Waals surface area contributed by atoms with Gasteiger partial charge in [0.05, 0.1) is 30.4 Å². The first-order chi connectivity index (χ1) is 10.2. The van der Waals surface area contributed by atoms with Gasteiger partial charge in [0.25, 0.3) is 0 Å². The molecular formula is C15H25N3O2S. The first kappa shape index (κ1) is 15.2. The van der Waals surface area contributed by atoms with Gasteiger partial charge in [0.15, 0.2) is 5.13 Å². The molecule has 0 saturated carbocycles. The van der Waals surface area contributed by atoms with Crippen LogP contribution in [0.3, 0.4) is 0 Å². The van der Waals surface area contributed by atoms with Crippen LogP contribution >= 0.6 is 11.3 Å². The van der Waals surface area contributed by atoms with Gasteiger partial charge in [-0.1, -0.05) is 25.2 Å². The summed E-state index contributed by atoms with van der Waals surface area (Å²) in [5.41, 5.74) is 1.06. The predicted octanol–water partition coefficient (Wildman–Crippen LogP) is 1.67. The van der Waals surface area contributed by atoms with Crippen molar-refractivity contribution in [3.63, 3.8) is 0 Å². The lowest BCUT2D eigenvalue weighted by Crippen LogP contribution is -2.44. The van der Waals surface area contributed by atoms with Crippen LogP contribution in [0.15, 0.2) is 0 Å². The van der Waals surface area contributed by atoms with Crippen molar-refractivity contribution in [2.75, 3.05) is 44.3 Å². The monoisotopic (exact) mass is 311 g/mol. The molecule has 1 N–H and O–H groups in total. The van der Waals surface area contributed by atoms with Gasteiger partial charge in [0.1, 0.15) is 0 Å². The van der Waals surface area contributed by atoms with E-state index in [-0.39, 0.29) is 6.61 Å². The zero-order valence-electron chi connectivity index (χ0n) is 12.9. The van der Waals surface area contributed by atoms with E-state index >= 15 is 0 Å². The largest absolute Gasteiger partial charge is 0.391 e. The Kier molecular flexibility index (Phi) is 4.78. The van der Waals surface area contributed by atoms with Crippen LogP contribution in [0, 0.1) is 0 Å². The molecule has 5 nitrogen and oxygen atoms in total. The molecule has 1 aromatic heterocycles. The van der Waals surface area contributed by atoms with E-state index in [1.807, 2.05) is 0 Å². The lowest BCUT2D eigenvalue weighted by molar-refractivity contribution is 0.0209. The summed E-state index contributed by atoms with van der Waals surface area (Å²) in [6.07, 6.45) is 1.20. The number of aliphatic hydroxyl groups excluding tert-OH is 1. The molecule has 118 valence electrons. The Morgan fingerprint density at radius 3 is 2.71 bits per heavy atom. The van der Waals surface area contributed by atoms with Crippen molar-refractivity contribution in [2.45, 2.75) is 38.8 Å². The van der Waals surface area contributed by atoms with Gasteiger partial charge in [-0.15, -0.1) is 0 Å². The van der Waals surface area contributed by atoms with Gasteiger partial charge >= 0.3 is 0 Å². The molecule has 2 fully saturated rings. The van der Waals surface area contributed by atoms with Crippen LogP contribution in [0.2, 0.25) is 0 Å². The second-order valence-electron chi connectivity index (χ2n) is 6.15. The number of anilines is 1. The molecular weight excluding hydrogens is 286 g/mol. The number of ether oxygens (including phenoxy) is 1. The van der Waals surface area contributed by atoms with Gasteiger partial charge in [-0.05, 0) is 12.3 Å². The van der Waals surface area contributed by atoms with E-state index in [1.165, 1.54) is 6.42 Å². The number of aromatic nitrogens is 1. The zero-order valence-corrected chi connectivity index (χ0v) is 13.7. The van der Waals surface area contributed by atoms with Crippen molar-refractivity contribution in [3.05, 3.63) is 10.6 Å². The highest BCUT2D eigenvalue weighted by Gasteiger charge is 2.30. The quantitative estimate of drug-likeness (QED) is 0.916. The molecule has 0 spiro atoms. The summed E-state index contributed by atoms with van der Waals surface area (Å²) in [4.78, 5) is 10.7. The highest BCUT2D eigenvalue weighted by Crippen LogP contribution is 2.33. The van der Waals surface area contributed by atoms with E-state index in [1.54, 1.807) is 11.3 Å². The van der Waals surface area contributed by atoms with Crippen LogP contribution in [-0.2, 0) is 11.3 Å². The number of aliphatic hydroxyl groups is 1. The molecule has 6 heteroatoms. The molecule has 0 bridgehead atoms. The van der Waals surface area contributed by atoms with E-state index in [2.05, 4.69) is 23.6 Å². The summed E-state index contributed by atoms with van der Waals surface area (Å²) in [5, 5.41) is 10.6. The van der Waals surface area contributed by atoms with Crippen molar-refractivity contribution < 1.29 is 9.84 Å². The van der Waals surface area contributed by atoms with Gasteiger partial charge in [-0.25, -0.2) is 4.98 Å². The molecule has 2 aliphatic heterocycles. The minimum Gasteiger partial charge on any atom is -0.391 e. The molecule has 0 aliphatic carbocycles. The average Bonchev–Trinajstić information content (AvgIpc) is 3.14. The number of nitrogens with zero attached hydrogens (tertiary/aromatic N) is 3. The van der Waals surface area contributed by atoms with Gasteiger partial charge in [0.2, 0.25) is 0 Å². The van der Waals surface area contributed by atoms with Crippen LogP contribution in [0.1, 0.15) is 36.8 Å². The number of hydrogen-bond donors (Lipinski definition) is 1. The summed E-state index contributed by atoms with van der Waals surface area (Å²) >= 11 is 1.66. The standard InChI is InChI=1S/C15H25N3O2S/c1-11(2)14-13(10-19)21-15(16-14)18-4-3-12(9-18)17-5-7-20-8-6-17/h11-12,19H,3-10H2,1-2H3. The normalized spacial score (nSPS) is 24.2. The van der Waals surface area contributed by atoms with Crippen molar-refractivity contribution in [3.8, 4) is 0 Å². The summed E-state index contributed by atoms with van der Waals surface area (Å²) in [6.45, 7) is 10.3. The van der Waals surface area contributed by atoms with Gasteiger partial charge < -0.3 is 14.7 Å². The lowest BCUT2D eigenvalue weighted by atomic mass is 10.1. The smallest absolute Gasteiger partial charge is 0.185 e. The van der Waals surface area contributed by atoms with Crippen molar-refractivity contribution in [1.29, 1.82) is 0 Å². The first-order valence-electron chi connectivity index (χ1n) is 7.86. The van der Waals surface area contributed by atoms with E-state index < -0.39 is 0 Å². The fraction of sp³-hybridized carbons (Fsp3) is 0.800. The zero-order chi connectivity index (χ0) is 14.8. The molecule has 0 radical (unpaired) electrons. The van der Waals surface area contributed by atoms with Gasteiger partial charge in [-0.3, -0.25) is 4.90 Å². The van der Waals surface area contributed by atoms with Crippen LogP contribution in [0.4, 0.5) is 5.13 Å². The fourth-order valence-electron chi connectivity index (χ4n) is 3.21. The Hall–Kier alpha value is -0.690. The molecule has 21 heavy (non-hydrogen) atoms. The number of hydrogen-bond acceptors (Lipinski definition) is 6. The fourth-order valence-corrected chi connectivity index (χ4v) is 4.32.